The Kier molecular flexibility index (Phi) is 9.56. The van der Waals surface area contributed by atoms with Crippen LogP contribution in [-0.2, 0) is 0 Å². The summed E-state index contributed by atoms with van der Waals surface area (Å²) in [6, 6.07) is 0. The van der Waals surface area contributed by atoms with Crippen molar-refractivity contribution in [2.75, 3.05) is 0 Å². The maximum Gasteiger partial charge on any atom is -0.0172 e. The van der Waals surface area contributed by atoms with Crippen LogP contribution in [0, 0.1) is 0 Å². The minimum atomic E-state index is 1.01. The molecule has 0 fully saturated rings. The Hall–Kier alpha value is -0.780. The molecule has 0 bridgehead atoms. The molecule has 68 valence electrons. The maximum absolute atomic E-state index is 3.69. The molecule has 0 saturated heterocycles. The summed E-state index contributed by atoms with van der Waals surface area (Å²) >= 11 is 0. The van der Waals surface area contributed by atoms with Crippen LogP contribution in [0.5, 0.6) is 0 Å². The molecular weight excluding hydrogens is 144 g/mol. The first-order chi connectivity index (χ1) is 5.91. The molecule has 0 N–H and O–H groups in total. The second-order valence-electron chi connectivity index (χ2n) is 2.92. The van der Waals surface area contributed by atoms with Gasteiger partial charge in [-0.2, -0.15) is 0 Å². The Labute approximate surface area is 76.7 Å². The number of unbranched alkanes of at least 4 members (excludes halogenated alkanes) is 4. The third kappa shape index (κ3) is 9.22. The Balaban J connectivity index is 2.99. The van der Waals surface area contributed by atoms with Crippen molar-refractivity contribution < 1.29 is 0 Å². The van der Waals surface area contributed by atoms with E-state index in [-0.39, 0.29) is 0 Å². The molecule has 0 radical (unpaired) electrons. The second kappa shape index (κ2) is 10.2. The third-order valence-electron chi connectivity index (χ3n) is 1.75. The van der Waals surface area contributed by atoms with Gasteiger partial charge < -0.3 is 0 Å². The normalized spacial score (nSPS) is 10.3. The fraction of sp³-hybridized carbons (Fsp3) is 0.500. The van der Waals surface area contributed by atoms with Crippen LogP contribution in [0.3, 0.4) is 0 Å². The van der Waals surface area contributed by atoms with Gasteiger partial charge in [0, 0.05) is 0 Å². The van der Waals surface area contributed by atoms with Crippen LogP contribution in [0.15, 0.2) is 37.5 Å². The van der Waals surface area contributed by atoms with Gasteiger partial charge in [0.25, 0.3) is 0 Å². The van der Waals surface area contributed by atoms with Crippen molar-refractivity contribution in [1.29, 1.82) is 0 Å². The average molecular weight is 164 g/mol. The van der Waals surface area contributed by atoms with Gasteiger partial charge in [0.15, 0.2) is 0 Å². The SMILES string of the molecule is C=CCC=CCCCCCC=C. The summed E-state index contributed by atoms with van der Waals surface area (Å²) in [5.41, 5.74) is 0. The van der Waals surface area contributed by atoms with Crippen LogP contribution in [-0.4, -0.2) is 0 Å². The van der Waals surface area contributed by atoms with E-state index in [1.807, 2.05) is 12.2 Å². The van der Waals surface area contributed by atoms with Crippen LogP contribution in [0.25, 0.3) is 0 Å². The Bertz CT molecular complexity index is 131. The van der Waals surface area contributed by atoms with E-state index in [2.05, 4.69) is 25.3 Å². The Morgan fingerprint density at radius 3 is 2.17 bits per heavy atom. The molecule has 0 aromatic rings. The lowest BCUT2D eigenvalue weighted by molar-refractivity contribution is 0.696. The van der Waals surface area contributed by atoms with Gasteiger partial charge in [-0.25, -0.2) is 0 Å². The summed E-state index contributed by atoms with van der Waals surface area (Å²) in [7, 11) is 0. The Morgan fingerprint density at radius 1 is 0.750 bits per heavy atom. The summed E-state index contributed by atoms with van der Waals surface area (Å²) in [6.45, 7) is 7.35. The predicted octanol–water partition coefficient (Wildman–Crippen LogP) is 4.26. The van der Waals surface area contributed by atoms with Gasteiger partial charge in [0.2, 0.25) is 0 Å². The van der Waals surface area contributed by atoms with E-state index in [1.54, 1.807) is 0 Å². The van der Waals surface area contributed by atoms with Crippen LogP contribution in [0.2, 0.25) is 0 Å². The molecule has 0 aromatic heterocycles. The van der Waals surface area contributed by atoms with Crippen molar-refractivity contribution in [2.24, 2.45) is 0 Å². The minimum Gasteiger partial charge on any atom is -0.103 e. The average Bonchev–Trinajstić information content (AvgIpc) is 2.10. The largest absolute Gasteiger partial charge is 0.103 e. The smallest absolute Gasteiger partial charge is 0.0172 e. The lowest BCUT2D eigenvalue weighted by Gasteiger charge is -1.93. The first-order valence-electron chi connectivity index (χ1n) is 4.78. The molecule has 0 nitrogen and oxygen atoms in total. The minimum absolute atomic E-state index is 1.01. The molecule has 0 amide bonds. The highest BCUT2D eigenvalue weighted by Crippen LogP contribution is 2.03. The second-order valence-corrected chi connectivity index (χ2v) is 2.92. The highest BCUT2D eigenvalue weighted by molar-refractivity contribution is 4.88. The topological polar surface area (TPSA) is 0 Å². The van der Waals surface area contributed by atoms with Gasteiger partial charge in [-0.1, -0.05) is 30.7 Å². The standard InChI is InChI=1S/C12H20/c1-3-5-7-9-11-12-10-8-6-4-2/h3-4,7,9H,1-2,5-6,8,10-12H2. The van der Waals surface area contributed by atoms with Crippen molar-refractivity contribution in [3.63, 3.8) is 0 Å². The summed E-state index contributed by atoms with van der Waals surface area (Å²) in [4.78, 5) is 0. The number of hydrogen-bond acceptors (Lipinski definition) is 0. The molecule has 0 aliphatic carbocycles. The molecule has 0 saturated carbocycles. The summed E-state index contributed by atoms with van der Waals surface area (Å²) in [6.07, 6.45) is 15.6. The van der Waals surface area contributed by atoms with E-state index >= 15 is 0 Å². The lowest BCUT2D eigenvalue weighted by atomic mass is 10.1. The molecule has 0 heterocycles. The van der Waals surface area contributed by atoms with Crippen molar-refractivity contribution in [3.8, 4) is 0 Å². The van der Waals surface area contributed by atoms with Crippen molar-refractivity contribution >= 4 is 0 Å². The monoisotopic (exact) mass is 164 g/mol. The van der Waals surface area contributed by atoms with Gasteiger partial charge in [0.05, 0.1) is 0 Å². The zero-order chi connectivity index (χ0) is 9.07. The van der Waals surface area contributed by atoms with E-state index in [9.17, 15) is 0 Å². The summed E-state index contributed by atoms with van der Waals surface area (Å²) in [5, 5.41) is 0. The molecule has 0 heteroatoms. The van der Waals surface area contributed by atoms with Gasteiger partial charge in [-0.05, 0) is 32.1 Å². The summed E-state index contributed by atoms with van der Waals surface area (Å²) < 4.78 is 0. The zero-order valence-corrected chi connectivity index (χ0v) is 7.97. The number of hydrogen-bond donors (Lipinski definition) is 0. The van der Waals surface area contributed by atoms with Crippen molar-refractivity contribution in [1.82, 2.24) is 0 Å². The molecule has 0 atom stereocenters. The van der Waals surface area contributed by atoms with E-state index in [0.717, 1.165) is 12.8 Å². The maximum atomic E-state index is 3.69. The van der Waals surface area contributed by atoms with E-state index in [4.69, 9.17) is 0 Å². The molecule has 0 unspecified atom stereocenters. The zero-order valence-electron chi connectivity index (χ0n) is 7.97. The molecule has 0 aliphatic heterocycles. The van der Waals surface area contributed by atoms with Crippen LogP contribution < -0.4 is 0 Å². The van der Waals surface area contributed by atoms with Gasteiger partial charge in [0.1, 0.15) is 0 Å². The first-order valence-corrected chi connectivity index (χ1v) is 4.78. The fourth-order valence-electron chi connectivity index (χ4n) is 1.04. The van der Waals surface area contributed by atoms with E-state index in [0.29, 0.717) is 0 Å². The van der Waals surface area contributed by atoms with E-state index < -0.39 is 0 Å². The lowest BCUT2D eigenvalue weighted by Crippen LogP contribution is -1.74. The fourth-order valence-corrected chi connectivity index (χ4v) is 1.04. The van der Waals surface area contributed by atoms with Crippen LogP contribution >= 0.6 is 0 Å². The predicted molar refractivity (Wildman–Crippen MR) is 57.2 cm³/mol. The van der Waals surface area contributed by atoms with Gasteiger partial charge >= 0.3 is 0 Å². The number of rotatable bonds is 8. The van der Waals surface area contributed by atoms with E-state index in [1.165, 1.54) is 25.7 Å². The summed E-state index contributed by atoms with van der Waals surface area (Å²) in [5.74, 6) is 0. The van der Waals surface area contributed by atoms with Crippen LogP contribution in [0.1, 0.15) is 38.5 Å². The molecule has 0 aromatic carbocycles. The third-order valence-corrected chi connectivity index (χ3v) is 1.75. The molecule has 0 rings (SSSR count). The van der Waals surface area contributed by atoms with Crippen LogP contribution in [0.4, 0.5) is 0 Å². The quantitative estimate of drug-likeness (QED) is 0.371. The highest BCUT2D eigenvalue weighted by Gasteiger charge is 1.84. The van der Waals surface area contributed by atoms with Gasteiger partial charge in [-0.3, -0.25) is 0 Å². The molecular formula is C12H20. The highest BCUT2D eigenvalue weighted by atomic mass is 13.9. The first kappa shape index (κ1) is 11.2. The molecule has 0 spiro atoms. The van der Waals surface area contributed by atoms with Crippen molar-refractivity contribution in [3.05, 3.63) is 37.5 Å². The molecule has 0 aliphatic rings. The Morgan fingerprint density at radius 2 is 1.50 bits per heavy atom. The van der Waals surface area contributed by atoms with Gasteiger partial charge in [-0.15, -0.1) is 13.2 Å². The number of allylic oxidation sites excluding steroid dienone is 4. The van der Waals surface area contributed by atoms with Crippen molar-refractivity contribution in [2.45, 2.75) is 38.5 Å². The molecule has 12 heavy (non-hydrogen) atoms.